The molecule has 4 nitrogen and oxygen atoms in total. The number of benzene rings is 4. The first-order valence-electron chi connectivity index (χ1n) is 14.0. The van der Waals surface area contributed by atoms with Gasteiger partial charge in [0.25, 0.3) is 0 Å². The Labute approximate surface area is 254 Å². The van der Waals surface area contributed by atoms with Crippen molar-refractivity contribution in [3.8, 4) is 23.3 Å². The standard InChI is InChI=1S/C35H31F3N2O2S/c1-5-6-9-15-42-33(41)27-13-7-8-14-29(27)43-30-19-26(34(2,3)4)18-23-16-24(20-39)28(21-40)31(32(23)30)22-11-10-12-25(17-22)35(36,37)38/h7-8,10-14,16-19H,5-6,9,15H2,1-4H3. The van der Waals surface area contributed by atoms with Crippen LogP contribution in [0.3, 0.4) is 0 Å². The van der Waals surface area contributed by atoms with Crippen LogP contribution >= 0.6 is 11.8 Å². The zero-order valence-corrected chi connectivity index (χ0v) is 25.2. The zero-order chi connectivity index (χ0) is 31.4. The third-order valence-corrected chi connectivity index (χ3v) is 8.20. The van der Waals surface area contributed by atoms with Crippen molar-refractivity contribution in [2.45, 2.75) is 68.3 Å². The lowest BCUT2D eigenvalue weighted by Gasteiger charge is -2.23. The molecule has 0 amide bonds. The number of halogens is 3. The molecule has 0 aromatic heterocycles. The van der Waals surface area contributed by atoms with Crippen molar-refractivity contribution in [1.82, 2.24) is 0 Å². The fourth-order valence-electron chi connectivity index (χ4n) is 4.80. The Kier molecular flexibility index (Phi) is 9.52. The Hall–Kier alpha value is -4.27. The summed E-state index contributed by atoms with van der Waals surface area (Å²) in [4.78, 5) is 14.3. The maximum absolute atomic E-state index is 13.8. The molecule has 0 bridgehead atoms. The van der Waals surface area contributed by atoms with Crippen molar-refractivity contribution in [3.05, 3.63) is 94.5 Å². The summed E-state index contributed by atoms with van der Waals surface area (Å²) in [6.45, 7) is 8.47. The van der Waals surface area contributed by atoms with E-state index in [2.05, 4.69) is 19.1 Å². The molecule has 0 aliphatic heterocycles. The Morgan fingerprint density at radius 1 is 0.884 bits per heavy atom. The smallest absolute Gasteiger partial charge is 0.416 e. The van der Waals surface area contributed by atoms with Gasteiger partial charge in [-0.25, -0.2) is 4.79 Å². The maximum Gasteiger partial charge on any atom is 0.416 e. The van der Waals surface area contributed by atoms with Gasteiger partial charge in [0.2, 0.25) is 0 Å². The van der Waals surface area contributed by atoms with Gasteiger partial charge in [-0.2, -0.15) is 23.7 Å². The molecular formula is C35H31F3N2O2S. The molecule has 0 heterocycles. The minimum absolute atomic E-state index is 0.0108. The van der Waals surface area contributed by atoms with Crippen molar-refractivity contribution in [3.63, 3.8) is 0 Å². The number of esters is 1. The highest BCUT2D eigenvalue weighted by atomic mass is 32.2. The van der Waals surface area contributed by atoms with Crippen molar-refractivity contribution < 1.29 is 22.7 Å². The predicted molar refractivity (Wildman–Crippen MR) is 163 cm³/mol. The lowest BCUT2D eigenvalue weighted by atomic mass is 9.83. The molecule has 4 aromatic carbocycles. The second-order valence-corrected chi connectivity index (χ2v) is 12.3. The fourth-order valence-corrected chi connectivity index (χ4v) is 5.95. The summed E-state index contributed by atoms with van der Waals surface area (Å²) in [5.74, 6) is -0.460. The quantitative estimate of drug-likeness (QED) is 0.149. The van der Waals surface area contributed by atoms with Crippen LogP contribution in [0, 0.1) is 22.7 Å². The molecule has 43 heavy (non-hydrogen) atoms. The number of carbonyl (C=O) groups is 1. The molecule has 4 aromatic rings. The number of alkyl halides is 3. The molecule has 0 saturated carbocycles. The number of hydrogen-bond donors (Lipinski definition) is 0. The molecule has 8 heteroatoms. The van der Waals surface area contributed by atoms with Gasteiger partial charge in [0.05, 0.1) is 28.9 Å². The minimum atomic E-state index is -4.60. The summed E-state index contributed by atoms with van der Waals surface area (Å²) in [6, 6.07) is 21.4. The van der Waals surface area contributed by atoms with Crippen LogP contribution in [0.4, 0.5) is 13.2 Å². The summed E-state index contributed by atoms with van der Waals surface area (Å²) in [7, 11) is 0. The number of carbonyl (C=O) groups excluding carboxylic acids is 1. The number of hydrogen-bond acceptors (Lipinski definition) is 5. The summed E-state index contributed by atoms with van der Waals surface area (Å²) in [5, 5.41) is 21.3. The van der Waals surface area contributed by atoms with Gasteiger partial charge in [0.15, 0.2) is 0 Å². The van der Waals surface area contributed by atoms with Gasteiger partial charge in [-0.3, -0.25) is 0 Å². The van der Waals surface area contributed by atoms with Crippen molar-refractivity contribution in [1.29, 1.82) is 10.5 Å². The molecule has 0 unspecified atom stereocenters. The molecule has 0 aliphatic carbocycles. The molecule has 0 saturated heterocycles. The minimum Gasteiger partial charge on any atom is -0.462 e. The highest BCUT2D eigenvalue weighted by molar-refractivity contribution is 7.99. The van der Waals surface area contributed by atoms with Crippen LogP contribution < -0.4 is 0 Å². The van der Waals surface area contributed by atoms with E-state index in [0.29, 0.717) is 32.7 Å². The molecule has 4 rings (SSSR count). The van der Waals surface area contributed by atoms with E-state index < -0.39 is 17.7 Å². The van der Waals surface area contributed by atoms with Crippen LogP contribution in [-0.2, 0) is 16.3 Å². The molecule has 0 atom stereocenters. The average Bonchev–Trinajstić information content (AvgIpc) is 2.97. The van der Waals surface area contributed by atoms with Gasteiger partial charge in [-0.15, -0.1) is 0 Å². The van der Waals surface area contributed by atoms with Gasteiger partial charge in [-0.05, 0) is 64.7 Å². The summed E-state index contributed by atoms with van der Waals surface area (Å²) in [6.07, 6.45) is -1.90. The van der Waals surface area contributed by atoms with Crippen LogP contribution in [-0.4, -0.2) is 12.6 Å². The summed E-state index contributed by atoms with van der Waals surface area (Å²) >= 11 is 1.28. The monoisotopic (exact) mass is 600 g/mol. The van der Waals surface area contributed by atoms with Crippen molar-refractivity contribution in [2.24, 2.45) is 0 Å². The topological polar surface area (TPSA) is 73.9 Å². The third kappa shape index (κ3) is 7.04. The van der Waals surface area contributed by atoms with Gasteiger partial charge in [0, 0.05) is 20.7 Å². The van der Waals surface area contributed by atoms with Crippen LogP contribution in [0.1, 0.15) is 79.6 Å². The first-order chi connectivity index (χ1) is 20.4. The van der Waals surface area contributed by atoms with E-state index in [1.54, 1.807) is 30.3 Å². The fraction of sp³-hybridized carbons (Fsp3) is 0.286. The molecule has 0 radical (unpaired) electrons. The van der Waals surface area contributed by atoms with Crippen LogP contribution in [0.25, 0.3) is 21.9 Å². The zero-order valence-electron chi connectivity index (χ0n) is 24.4. The van der Waals surface area contributed by atoms with E-state index >= 15 is 0 Å². The normalized spacial score (nSPS) is 11.7. The lowest BCUT2D eigenvalue weighted by Crippen LogP contribution is -2.11. The largest absolute Gasteiger partial charge is 0.462 e. The first kappa shape index (κ1) is 31.7. The van der Waals surface area contributed by atoms with Gasteiger partial charge in [-0.1, -0.05) is 82.6 Å². The highest BCUT2D eigenvalue weighted by Gasteiger charge is 2.31. The van der Waals surface area contributed by atoms with Crippen LogP contribution in [0.15, 0.2) is 76.5 Å². The Bertz CT molecular complexity index is 1760. The van der Waals surface area contributed by atoms with Crippen LogP contribution in [0.2, 0.25) is 0 Å². The molecule has 0 aliphatic rings. The second-order valence-electron chi connectivity index (χ2n) is 11.2. The Morgan fingerprint density at radius 3 is 2.28 bits per heavy atom. The molecule has 0 spiro atoms. The van der Waals surface area contributed by atoms with Crippen LogP contribution in [0.5, 0.6) is 0 Å². The van der Waals surface area contributed by atoms with Crippen molar-refractivity contribution >= 4 is 28.5 Å². The molecule has 0 N–H and O–H groups in total. The SMILES string of the molecule is CCCCCOC(=O)c1ccccc1Sc1cc(C(C)(C)C)cc2cc(C#N)c(C#N)c(-c3cccc(C(F)(F)F)c3)c12. The number of ether oxygens (including phenoxy) is 1. The Balaban J connectivity index is 2.02. The maximum atomic E-state index is 13.8. The van der Waals surface area contributed by atoms with E-state index in [1.807, 2.05) is 32.9 Å². The molecule has 0 fully saturated rings. The molecule has 220 valence electrons. The number of nitriles is 2. The molecular weight excluding hydrogens is 569 g/mol. The average molecular weight is 601 g/mol. The van der Waals surface area contributed by atoms with E-state index in [0.717, 1.165) is 37.0 Å². The van der Waals surface area contributed by atoms with Gasteiger partial charge in [0.1, 0.15) is 12.1 Å². The number of nitrogens with zero attached hydrogens (tertiary/aromatic N) is 2. The number of rotatable bonds is 8. The Morgan fingerprint density at radius 2 is 1.63 bits per heavy atom. The third-order valence-electron chi connectivity index (χ3n) is 7.09. The summed E-state index contributed by atoms with van der Waals surface area (Å²) in [5.41, 5.74) is 0.578. The van der Waals surface area contributed by atoms with E-state index in [1.165, 1.54) is 23.9 Å². The highest BCUT2D eigenvalue weighted by Crippen LogP contribution is 2.45. The van der Waals surface area contributed by atoms with Gasteiger partial charge >= 0.3 is 12.1 Å². The van der Waals surface area contributed by atoms with E-state index in [9.17, 15) is 28.5 Å². The predicted octanol–water partition coefficient (Wildman–Crippen LogP) is 10.1. The van der Waals surface area contributed by atoms with E-state index in [4.69, 9.17) is 4.74 Å². The van der Waals surface area contributed by atoms with Gasteiger partial charge < -0.3 is 4.74 Å². The number of fused-ring (bicyclic) bond motifs is 1. The second kappa shape index (κ2) is 12.9. The summed E-state index contributed by atoms with van der Waals surface area (Å²) < 4.78 is 46.8. The first-order valence-corrected chi connectivity index (χ1v) is 14.8. The van der Waals surface area contributed by atoms with Crippen molar-refractivity contribution in [2.75, 3.05) is 6.61 Å². The lowest BCUT2D eigenvalue weighted by molar-refractivity contribution is -0.137. The number of unbranched alkanes of at least 4 members (excludes halogenated alkanes) is 2. The van der Waals surface area contributed by atoms with E-state index in [-0.39, 0.29) is 27.7 Å².